The Balaban J connectivity index is 2.67. The molecule has 1 aromatic heterocycles. The van der Waals surface area contributed by atoms with Crippen molar-refractivity contribution in [3.63, 3.8) is 0 Å². The van der Waals surface area contributed by atoms with Crippen LogP contribution in [0.4, 0.5) is 0 Å². The van der Waals surface area contributed by atoms with Crippen LogP contribution in [0.1, 0.15) is 17.0 Å². The van der Waals surface area contributed by atoms with Gasteiger partial charge in [-0.15, -0.1) is 0 Å². The molecule has 0 unspecified atom stereocenters. The Kier molecular flexibility index (Phi) is 3.73. The maximum atomic E-state index is 11.4. The first-order valence-corrected chi connectivity index (χ1v) is 5.16. The van der Waals surface area contributed by atoms with Gasteiger partial charge >= 0.3 is 4.87 Å². The lowest BCUT2D eigenvalue weighted by Gasteiger charge is -2.02. The second-order valence-electron chi connectivity index (χ2n) is 2.97. The first kappa shape index (κ1) is 10.8. The van der Waals surface area contributed by atoms with Gasteiger partial charge in [0.1, 0.15) is 0 Å². The van der Waals surface area contributed by atoms with Gasteiger partial charge in [0, 0.05) is 28.6 Å². The Labute approximate surface area is 85.6 Å². The Hall–Kier alpha value is -1.26. The Bertz CT molecular complexity index is 413. The van der Waals surface area contributed by atoms with Crippen LogP contribution in [0.2, 0.25) is 0 Å². The van der Waals surface area contributed by atoms with Gasteiger partial charge in [-0.2, -0.15) is 0 Å². The number of thiazole rings is 1. The molecule has 0 aliphatic carbocycles. The Morgan fingerprint density at radius 1 is 1.57 bits per heavy atom. The number of hydrogen-bond acceptors (Lipinski definition) is 3. The van der Waals surface area contributed by atoms with Gasteiger partial charge in [0.15, 0.2) is 0 Å². The number of azide groups is 1. The summed E-state index contributed by atoms with van der Waals surface area (Å²) in [5, 5.41) is 3.42. The van der Waals surface area contributed by atoms with Gasteiger partial charge in [-0.05, 0) is 25.8 Å². The molecule has 0 N–H and O–H groups in total. The zero-order chi connectivity index (χ0) is 10.6. The van der Waals surface area contributed by atoms with Crippen molar-refractivity contribution in [2.75, 3.05) is 6.54 Å². The number of nitrogens with zero attached hydrogens (tertiary/aromatic N) is 4. The van der Waals surface area contributed by atoms with E-state index >= 15 is 0 Å². The fraction of sp³-hybridized carbons (Fsp3) is 0.625. The third kappa shape index (κ3) is 2.37. The van der Waals surface area contributed by atoms with Crippen molar-refractivity contribution < 1.29 is 0 Å². The fourth-order valence-corrected chi connectivity index (χ4v) is 2.05. The highest BCUT2D eigenvalue weighted by Gasteiger charge is 2.05. The molecule has 5 nitrogen and oxygen atoms in total. The van der Waals surface area contributed by atoms with E-state index in [0.29, 0.717) is 19.5 Å². The van der Waals surface area contributed by atoms with E-state index in [-0.39, 0.29) is 4.87 Å². The summed E-state index contributed by atoms with van der Waals surface area (Å²) < 4.78 is 1.73. The monoisotopic (exact) mass is 212 g/mol. The highest BCUT2D eigenvalue weighted by atomic mass is 32.1. The second kappa shape index (κ2) is 4.83. The zero-order valence-corrected chi connectivity index (χ0v) is 9.04. The maximum absolute atomic E-state index is 11.4. The van der Waals surface area contributed by atoms with Gasteiger partial charge in [0.05, 0.1) is 0 Å². The van der Waals surface area contributed by atoms with Crippen LogP contribution >= 0.6 is 11.3 Å². The van der Waals surface area contributed by atoms with Crippen molar-refractivity contribution in [1.29, 1.82) is 0 Å². The van der Waals surface area contributed by atoms with E-state index in [4.69, 9.17) is 5.53 Å². The molecule has 0 fully saturated rings. The van der Waals surface area contributed by atoms with Crippen LogP contribution in [0.3, 0.4) is 0 Å². The van der Waals surface area contributed by atoms with Crippen molar-refractivity contribution in [2.24, 2.45) is 5.11 Å². The van der Waals surface area contributed by atoms with Crippen molar-refractivity contribution in [1.82, 2.24) is 4.57 Å². The molecule has 0 spiro atoms. The summed E-state index contributed by atoms with van der Waals surface area (Å²) in [6, 6.07) is 0. The van der Waals surface area contributed by atoms with E-state index in [1.165, 1.54) is 11.3 Å². The summed E-state index contributed by atoms with van der Waals surface area (Å²) in [7, 11) is 0. The lowest BCUT2D eigenvalue weighted by Crippen LogP contribution is -2.15. The van der Waals surface area contributed by atoms with Gasteiger partial charge in [-0.1, -0.05) is 16.5 Å². The van der Waals surface area contributed by atoms with Gasteiger partial charge in [0.25, 0.3) is 0 Å². The van der Waals surface area contributed by atoms with Crippen molar-refractivity contribution in [3.8, 4) is 0 Å². The first-order chi connectivity index (χ1) is 6.66. The molecular formula is C8H12N4OS. The van der Waals surface area contributed by atoms with Gasteiger partial charge in [0.2, 0.25) is 0 Å². The van der Waals surface area contributed by atoms with Crippen LogP contribution in [0.15, 0.2) is 9.91 Å². The number of hydrogen-bond donors (Lipinski definition) is 0. The predicted molar refractivity (Wildman–Crippen MR) is 56.7 cm³/mol. The Morgan fingerprint density at radius 3 is 2.79 bits per heavy atom. The molecular weight excluding hydrogens is 200 g/mol. The first-order valence-electron chi connectivity index (χ1n) is 4.34. The maximum Gasteiger partial charge on any atom is 0.307 e. The topological polar surface area (TPSA) is 70.8 Å². The third-order valence-corrected chi connectivity index (χ3v) is 3.07. The minimum absolute atomic E-state index is 0.0703. The Morgan fingerprint density at radius 2 is 2.29 bits per heavy atom. The molecule has 0 radical (unpaired) electrons. The SMILES string of the molecule is Cc1sc(=O)n(CCCN=[N+]=[N-])c1C. The molecule has 0 saturated carbocycles. The van der Waals surface area contributed by atoms with E-state index in [9.17, 15) is 4.79 Å². The summed E-state index contributed by atoms with van der Waals surface area (Å²) in [5.74, 6) is 0. The van der Waals surface area contributed by atoms with E-state index < -0.39 is 0 Å². The van der Waals surface area contributed by atoms with E-state index in [2.05, 4.69) is 10.0 Å². The van der Waals surface area contributed by atoms with Crippen LogP contribution in [-0.4, -0.2) is 11.1 Å². The predicted octanol–water partition coefficient (Wildman–Crippen LogP) is 2.23. The molecule has 0 atom stereocenters. The molecule has 1 aromatic rings. The summed E-state index contributed by atoms with van der Waals surface area (Å²) >= 11 is 1.26. The molecule has 14 heavy (non-hydrogen) atoms. The van der Waals surface area contributed by atoms with Crippen LogP contribution in [0.25, 0.3) is 10.4 Å². The highest BCUT2D eigenvalue weighted by Crippen LogP contribution is 2.09. The third-order valence-electron chi connectivity index (χ3n) is 2.08. The molecule has 6 heteroatoms. The van der Waals surface area contributed by atoms with Crippen LogP contribution < -0.4 is 4.87 Å². The quantitative estimate of drug-likeness (QED) is 0.326. The van der Waals surface area contributed by atoms with E-state index in [1.54, 1.807) is 4.57 Å². The van der Waals surface area contributed by atoms with E-state index in [0.717, 1.165) is 10.6 Å². The van der Waals surface area contributed by atoms with Gasteiger partial charge < -0.3 is 4.57 Å². The summed E-state index contributed by atoms with van der Waals surface area (Å²) in [6.07, 6.45) is 0.709. The summed E-state index contributed by atoms with van der Waals surface area (Å²) in [4.78, 5) is 15.2. The lowest BCUT2D eigenvalue weighted by molar-refractivity contribution is 0.625. The molecule has 0 bridgehead atoms. The lowest BCUT2D eigenvalue weighted by atomic mass is 10.3. The molecule has 1 rings (SSSR count). The fourth-order valence-electron chi connectivity index (χ4n) is 1.19. The number of aryl methyl sites for hydroxylation is 1. The molecule has 0 saturated heterocycles. The molecule has 0 aliphatic rings. The van der Waals surface area contributed by atoms with Crippen molar-refractivity contribution >= 4 is 11.3 Å². The zero-order valence-electron chi connectivity index (χ0n) is 8.23. The van der Waals surface area contributed by atoms with Crippen molar-refractivity contribution in [3.05, 3.63) is 30.7 Å². The van der Waals surface area contributed by atoms with Gasteiger partial charge in [-0.25, -0.2) is 0 Å². The molecule has 0 aromatic carbocycles. The number of aromatic nitrogens is 1. The average molecular weight is 212 g/mol. The minimum Gasteiger partial charge on any atom is -0.303 e. The standard InChI is InChI=1S/C8H12N4OS/c1-6-7(2)14-8(13)12(6)5-3-4-10-11-9/h3-5H2,1-2H3. The smallest absolute Gasteiger partial charge is 0.303 e. The van der Waals surface area contributed by atoms with E-state index in [1.807, 2.05) is 13.8 Å². The average Bonchev–Trinajstić information content (AvgIpc) is 2.38. The molecule has 0 aliphatic heterocycles. The van der Waals surface area contributed by atoms with Crippen LogP contribution in [0.5, 0.6) is 0 Å². The largest absolute Gasteiger partial charge is 0.307 e. The normalized spacial score (nSPS) is 9.86. The summed E-state index contributed by atoms with van der Waals surface area (Å²) in [5.41, 5.74) is 9.08. The molecule has 76 valence electrons. The summed E-state index contributed by atoms with van der Waals surface area (Å²) in [6.45, 7) is 4.94. The molecule has 1 heterocycles. The van der Waals surface area contributed by atoms with Crippen LogP contribution in [0, 0.1) is 13.8 Å². The van der Waals surface area contributed by atoms with Gasteiger partial charge in [-0.3, -0.25) is 4.79 Å². The number of rotatable bonds is 4. The minimum atomic E-state index is 0.0703. The molecule has 0 amide bonds. The van der Waals surface area contributed by atoms with Crippen LogP contribution in [-0.2, 0) is 6.54 Å². The highest BCUT2D eigenvalue weighted by molar-refractivity contribution is 7.09. The second-order valence-corrected chi connectivity index (χ2v) is 4.13. The van der Waals surface area contributed by atoms with Crippen molar-refractivity contribution in [2.45, 2.75) is 26.8 Å².